The van der Waals surface area contributed by atoms with Crippen molar-refractivity contribution in [2.24, 2.45) is 11.5 Å². The second-order valence-electron chi connectivity index (χ2n) is 3.35. The van der Waals surface area contributed by atoms with E-state index in [0.29, 0.717) is 25.3 Å². The molecule has 0 aromatic rings. The van der Waals surface area contributed by atoms with E-state index in [-0.39, 0.29) is 0 Å². The van der Waals surface area contributed by atoms with Gasteiger partial charge in [0.25, 0.3) is 0 Å². The summed E-state index contributed by atoms with van der Waals surface area (Å²) in [6.45, 7) is 3.50. The van der Waals surface area contributed by atoms with Crippen molar-refractivity contribution in [3.05, 3.63) is 0 Å². The largest absolute Gasteiger partial charge is 0.480 e. The van der Waals surface area contributed by atoms with E-state index in [4.69, 9.17) is 16.6 Å². The molecular formula is C9H21N4O2+. The van der Waals surface area contributed by atoms with Crippen molar-refractivity contribution in [1.82, 2.24) is 5.32 Å². The lowest BCUT2D eigenvalue weighted by Gasteiger charge is -2.04. The van der Waals surface area contributed by atoms with Gasteiger partial charge in [-0.3, -0.25) is 20.8 Å². The molecule has 0 fully saturated rings. The van der Waals surface area contributed by atoms with Gasteiger partial charge in [-0.1, -0.05) is 6.92 Å². The van der Waals surface area contributed by atoms with Crippen LogP contribution in [0.2, 0.25) is 0 Å². The smallest absolute Gasteiger partial charge is 0.341 e. The Balaban J connectivity index is 3.50. The molecule has 0 bridgehead atoms. The van der Waals surface area contributed by atoms with Gasteiger partial charge in [-0.05, 0) is 19.3 Å². The molecule has 0 aliphatic heterocycles. The van der Waals surface area contributed by atoms with Crippen molar-refractivity contribution in [1.29, 1.82) is 0 Å². The fourth-order valence-electron chi connectivity index (χ4n) is 0.991. The molecule has 7 N–H and O–H groups in total. The van der Waals surface area contributed by atoms with Crippen molar-refractivity contribution < 1.29 is 14.9 Å². The molecule has 6 heteroatoms. The van der Waals surface area contributed by atoms with Gasteiger partial charge in [-0.15, -0.1) is 0 Å². The summed E-state index contributed by atoms with van der Waals surface area (Å²) in [5.41, 5.74) is 10.9. The van der Waals surface area contributed by atoms with Crippen LogP contribution >= 0.6 is 0 Å². The maximum Gasteiger partial charge on any atom is 0.341 e. The van der Waals surface area contributed by atoms with Gasteiger partial charge < -0.3 is 10.8 Å². The number of carboxylic acid groups (broad SMARTS) is 1. The summed E-state index contributed by atoms with van der Waals surface area (Å²) in [5.74, 6) is -0.434. The normalized spacial score (nSPS) is 13.6. The second kappa shape index (κ2) is 8.05. The summed E-state index contributed by atoms with van der Waals surface area (Å²) >= 11 is 0. The van der Waals surface area contributed by atoms with Gasteiger partial charge in [0.15, 0.2) is 0 Å². The zero-order chi connectivity index (χ0) is 11.7. The van der Waals surface area contributed by atoms with Gasteiger partial charge in [0.1, 0.15) is 6.04 Å². The molecule has 1 atom stereocenters. The van der Waals surface area contributed by atoms with Crippen LogP contribution < -0.4 is 21.8 Å². The maximum atomic E-state index is 10.4. The number of hydrogen-bond acceptors (Lipinski definition) is 2. The monoisotopic (exact) mass is 217 g/mol. The predicted molar refractivity (Wildman–Crippen MR) is 58.2 cm³/mol. The van der Waals surface area contributed by atoms with Crippen molar-refractivity contribution in [2.45, 2.75) is 32.2 Å². The standard InChI is InChI=1S/C9H20N4O2/c1-2-5-12-9(11)13-6-3-4-7(10)8(14)15/h7H,2-6,10H2,1H3,(H,14,15)(H3,11,12,13)/p+1/t7-/m1/s1. The highest BCUT2D eigenvalue weighted by Crippen LogP contribution is 1.92. The minimum atomic E-state index is -0.962. The van der Waals surface area contributed by atoms with E-state index >= 15 is 0 Å². The first kappa shape index (κ1) is 13.7. The Kier molecular flexibility index (Phi) is 7.35. The van der Waals surface area contributed by atoms with Crippen LogP contribution in [0.4, 0.5) is 0 Å². The minimum absolute atomic E-state index is 0.448. The molecule has 15 heavy (non-hydrogen) atoms. The molecule has 0 aliphatic carbocycles. The number of nitrogens with one attached hydrogen (secondary N) is 2. The highest BCUT2D eigenvalue weighted by molar-refractivity contribution is 5.73. The van der Waals surface area contributed by atoms with Crippen molar-refractivity contribution >= 4 is 11.9 Å². The molecule has 0 unspecified atom stereocenters. The third-order valence-corrected chi connectivity index (χ3v) is 1.89. The van der Waals surface area contributed by atoms with E-state index in [1.165, 1.54) is 0 Å². The van der Waals surface area contributed by atoms with E-state index in [2.05, 4.69) is 10.3 Å². The lowest BCUT2D eigenvalue weighted by molar-refractivity contribution is -0.460. The summed E-state index contributed by atoms with van der Waals surface area (Å²) in [4.78, 5) is 13.4. The first-order valence-electron chi connectivity index (χ1n) is 5.16. The molecule has 0 spiro atoms. The molecule has 0 rings (SSSR count). The van der Waals surface area contributed by atoms with Gasteiger partial charge in [-0.2, -0.15) is 0 Å². The van der Waals surface area contributed by atoms with Gasteiger partial charge >= 0.3 is 11.9 Å². The van der Waals surface area contributed by atoms with Crippen LogP contribution in [0.5, 0.6) is 0 Å². The summed E-state index contributed by atoms with van der Waals surface area (Å²) in [6.07, 6.45) is 2.14. The first-order chi connectivity index (χ1) is 7.07. The van der Waals surface area contributed by atoms with Crippen LogP contribution in [0.3, 0.4) is 0 Å². The molecule has 0 radical (unpaired) electrons. The zero-order valence-corrected chi connectivity index (χ0v) is 9.12. The Morgan fingerprint density at radius 3 is 2.80 bits per heavy atom. The molecular weight excluding hydrogens is 196 g/mol. The van der Waals surface area contributed by atoms with E-state index < -0.39 is 12.0 Å². The van der Waals surface area contributed by atoms with Gasteiger partial charge in [0.2, 0.25) is 0 Å². The highest BCUT2D eigenvalue weighted by Gasteiger charge is 2.10. The third-order valence-electron chi connectivity index (χ3n) is 1.89. The van der Waals surface area contributed by atoms with Crippen LogP contribution in [-0.4, -0.2) is 36.2 Å². The van der Waals surface area contributed by atoms with Gasteiger partial charge in [0.05, 0.1) is 13.1 Å². The molecule has 0 aliphatic rings. The molecule has 0 saturated heterocycles. The lowest BCUT2D eigenvalue weighted by atomic mass is 10.2. The van der Waals surface area contributed by atoms with Crippen LogP contribution in [-0.2, 0) is 4.79 Å². The average Bonchev–Trinajstić information content (AvgIpc) is 2.20. The fourth-order valence-corrected chi connectivity index (χ4v) is 0.991. The number of carboxylic acids is 1. The Labute approximate surface area is 89.7 Å². The van der Waals surface area contributed by atoms with Gasteiger partial charge in [0, 0.05) is 0 Å². The number of guanidine groups is 1. The SMILES string of the molecule is CCC[NH+]=C(N)NCCC[C@@H](N)C(=O)O. The first-order valence-corrected chi connectivity index (χ1v) is 5.16. The quantitative estimate of drug-likeness (QED) is 0.185. The third kappa shape index (κ3) is 7.75. The maximum absolute atomic E-state index is 10.4. The molecule has 0 aromatic heterocycles. The molecule has 0 aromatic carbocycles. The number of nitrogens with two attached hydrogens (primary N) is 2. The fraction of sp³-hybridized carbons (Fsp3) is 0.778. The predicted octanol–water partition coefficient (Wildman–Crippen LogP) is -2.43. The molecule has 0 amide bonds. The number of hydrogen-bond donors (Lipinski definition) is 5. The Morgan fingerprint density at radius 2 is 2.27 bits per heavy atom. The van der Waals surface area contributed by atoms with E-state index in [9.17, 15) is 4.79 Å². The number of rotatable bonds is 7. The van der Waals surface area contributed by atoms with Crippen LogP contribution in [0.1, 0.15) is 26.2 Å². The Hall–Kier alpha value is -1.30. The topological polar surface area (TPSA) is 115 Å². The average molecular weight is 217 g/mol. The number of carbonyl (C=O) groups is 1. The summed E-state index contributed by atoms with van der Waals surface area (Å²) in [5, 5.41) is 11.5. The molecule has 0 heterocycles. The lowest BCUT2D eigenvalue weighted by Crippen LogP contribution is -2.78. The zero-order valence-electron chi connectivity index (χ0n) is 9.12. The summed E-state index contributed by atoms with van der Waals surface area (Å²) < 4.78 is 0. The molecule has 6 nitrogen and oxygen atoms in total. The molecule has 0 saturated carbocycles. The van der Waals surface area contributed by atoms with Crippen LogP contribution in [0.15, 0.2) is 0 Å². The minimum Gasteiger partial charge on any atom is -0.480 e. The molecule has 88 valence electrons. The Bertz CT molecular complexity index is 218. The van der Waals surface area contributed by atoms with E-state index in [1.807, 2.05) is 6.92 Å². The second-order valence-corrected chi connectivity index (χ2v) is 3.35. The highest BCUT2D eigenvalue weighted by atomic mass is 16.4. The van der Waals surface area contributed by atoms with E-state index in [0.717, 1.165) is 13.0 Å². The number of aliphatic carboxylic acids is 1. The summed E-state index contributed by atoms with van der Waals surface area (Å²) in [7, 11) is 0. The van der Waals surface area contributed by atoms with Crippen LogP contribution in [0, 0.1) is 0 Å². The van der Waals surface area contributed by atoms with Crippen molar-refractivity contribution in [3.8, 4) is 0 Å². The van der Waals surface area contributed by atoms with Crippen molar-refractivity contribution in [3.63, 3.8) is 0 Å². The van der Waals surface area contributed by atoms with Crippen LogP contribution in [0.25, 0.3) is 0 Å². The van der Waals surface area contributed by atoms with E-state index in [1.54, 1.807) is 0 Å². The summed E-state index contributed by atoms with van der Waals surface area (Å²) in [6, 6.07) is -0.781. The Morgan fingerprint density at radius 1 is 1.60 bits per heavy atom. The van der Waals surface area contributed by atoms with Gasteiger partial charge in [-0.25, -0.2) is 0 Å². The van der Waals surface area contributed by atoms with Crippen molar-refractivity contribution in [2.75, 3.05) is 13.1 Å².